The molecule has 0 radical (unpaired) electrons. The number of hydrogen-bond donors (Lipinski definition) is 1. The van der Waals surface area contributed by atoms with Gasteiger partial charge in [0.1, 0.15) is 11.6 Å². The van der Waals surface area contributed by atoms with E-state index in [2.05, 4.69) is 24.5 Å². The fourth-order valence-electron chi connectivity index (χ4n) is 3.11. The van der Waals surface area contributed by atoms with Crippen molar-refractivity contribution in [1.29, 1.82) is 0 Å². The first-order valence-corrected chi connectivity index (χ1v) is 7.10. The van der Waals surface area contributed by atoms with Gasteiger partial charge in [-0.25, -0.2) is 4.98 Å². The van der Waals surface area contributed by atoms with Crippen LogP contribution in [0.15, 0.2) is 24.3 Å². The van der Waals surface area contributed by atoms with Gasteiger partial charge >= 0.3 is 0 Å². The molecule has 1 aliphatic heterocycles. The summed E-state index contributed by atoms with van der Waals surface area (Å²) in [6.07, 6.45) is 1.95. The van der Waals surface area contributed by atoms with Crippen LogP contribution >= 0.6 is 0 Å². The highest BCUT2D eigenvalue weighted by molar-refractivity contribution is 5.69. The summed E-state index contributed by atoms with van der Waals surface area (Å²) >= 11 is 0. The summed E-state index contributed by atoms with van der Waals surface area (Å²) in [6.45, 7) is 4.29. The van der Waals surface area contributed by atoms with Crippen LogP contribution in [-0.4, -0.2) is 22.7 Å². The quantitative estimate of drug-likeness (QED) is 0.913. The minimum Gasteiger partial charge on any atom is -0.496 e. The minimum atomic E-state index is 0.209. The van der Waals surface area contributed by atoms with Gasteiger partial charge < -0.3 is 15.0 Å². The number of fused-ring (bicyclic) bond motifs is 1. The van der Waals surface area contributed by atoms with E-state index in [1.54, 1.807) is 7.11 Å². The van der Waals surface area contributed by atoms with E-state index < -0.39 is 0 Å². The van der Waals surface area contributed by atoms with Crippen molar-refractivity contribution in [3.05, 3.63) is 35.8 Å². The molecule has 2 unspecified atom stereocenters. The van der Waals surface area contributed by atoms with Crippen molar-refractivity contribution in [1.82, 2.24) is 9.55 Å². The molecule has 0 fully saturated rings. The van der Waals surface area contributed by atoms with Crippen molar-refractivity contribution in [3.8, 4) is 17.0 Å². The van der Waals surface area contributed by atoms with E-state index in [4.69, 9.17) is 15.5 Å². The molecule has 2 heterocycles. The second kappa shape index (κ2) is 4.94. The second-order valence-electron chi connectivity index (χ2n) is 5.48. The lowest BCUT2D eigenvalue weighted by Gasteiger charge is -2.29. The monoisotopic (exact) mass is 271 g/mol. The summed E-state index contributed by atoms with van der Waals surface area (Å²) in [5.41, 5.74) is 9.43. The molecule has 2 aromatic rings. The Labute approximate surface area is 119 Å². The molecule has 2 atom stereocenters. The van der Waals surface area contributed by atoms with Crippen LogP contribution in [0.1, 0.15) is 30.9 Å². The third-order valence-electron chi connectivity index (χ3n) is 4.31. The Morgan fingerprint density at radius 2 is 2.10 bits per heavy atom. The Morgan fingerprint density at radius 1 is 1.35 bits per heavy atom. The van der Waals surface area contributed by atoms with Gasteiger partial charge in [-0.3, -0.25) is 0 Å². The zero-order chi connectivity index (χ0) is 14.3. The SMILES string of the molecule is COc1ccccc1-c1nc2n(c1C)C(C)C(N)CC2. The van der Waals surface area contributed by atoms with Crippen LogP contribution in [0.5, 0.6) is 5.75 Å². The predicted molar refractivity (Wildman–Crippen MR) is 80.0 cm³/mol. The molecule has 4 heteroatoms. The maximum Gasteiger partial charge on any atom is 0.128 e. The number of methoxy groups -OCH3 is 1. The summed E-state index contributed by atoms with van der Waals surface area (Å²) < 4.78 is 7.75. The van der Waals surface area contributed by atoms with Gasteiger partial charge in [0, 0.05) is 29.8 Å². The van der Waals surface area contributed by atoms with Crippen LogP contribution in [0.2, 0.25) is 0 Å². The molecular formula is C16H21N3O. The number of benzene rings is 1. The van der Waals surface area contributed by atoms with E-state index in [-0.39, 0.29) is 6.04 Å². The van der Waals surface area contributed by atoms with Gasteiger partial charge in [0.05, 0.1) is 12.8 Å². The number of hydrogen-bond acceptors (Lipinski definition) is 3. The summed E-state index contributed by atoms with van der Waals surface area (Å²) in [7, 11) is 1.70. The molecule has 0 saturated heterocycles. The minimum absolute atomic E-state index is 0.209. The average Bonchev–Trinajstić information content (AvgIpc) is 2.80. The van der Waals surface area contributed by atoms with Gasteiger partial charge in [0.15, 0.2) is 0 Å². The number of aromatic nitrogens is 2. The van der Waals surface area contributed by atoms with E-state index in [0.29, 0.717) is 6.04 Å². The number of para-hydroxylation sites is 1. The molecule has 106 valence electrons. The van der Waals surface area contributed by atoms with E-state index >= 15 is 0 Å². The smallest absolute Gasteiger partial charge is 0.128 e. The lowest BCUT2D eigenvalue weighted by molar-refractivity contribution is 0.363. The number of rotatable bonds is 2. The maximum absolute atomic E-state index is 6.19. The molecule has 4 nitrogen and oxygen atoms in total. The Bertz CT molecular complexity index is 633. The molecule has 0 aliphatic carbocycles. The highest BCUT2D eigenvalue weighted by Crippen LogP contribution is 2.35. The molecule has 1 aromatic carbocycles. The highest BCUT2D eigenvalue weighted by atomic mass is 16.5. The van der Waals surface area contributed by atoms with Gasteiger partial charge in [-0.15, -0.1) is 0 Å². The number of aryl methyl sites for hydroxylation is 1. The van der Waals surface area contributed by atoms with Gasteiger partial charge in [-0.2, -0.15) is 0 Å². The molecule has 20 heavy (non-hydrogen) atoms. The number of ether oxygens (including phenoxy) is 1. The molecule has 3 rings (SSSR count). The summed E-state index contributed by atoms with van der Waals surface area (Å²) in [5, 5.41) is 0. The fourth-order valence-corrected chi connectivity index (χ4v) is 3.11. The molecule has 0 amide bonds. The number of nitrogens with two attached hydrogens (primary N) is 1. The molecule has 0 bridgehead atoms. The fraction of sp³-hybridized carbons (Fsp3) is 0.438. The van der Waals surface area contributed by atoms with Crippen molar-refractivity contribution in [3.63, 3.8) is 0 Å². The van der Waals surface area contributed by atoms with Gasteiger partial charge in [0.2, 0.25) is 0 Å². The Balaban J connectivity index is 2.15. The Kier molecular flexibility index (Phi) is 3.26. The first-order valence-electron chi connectivity index (χ1n) is 7.10. The van der Waals surface area contributed by atoms with Crippen LogP contribution in [0, 0.1) is 6.92 Å². The number of imidazole rings is 1. The molecule has 1 aliphatic rings. The van der Waals surface area contributed by atoms with Gasteiger partial charge in [0.25, 0.3) is 0 Å². The second-order valence-corrected chi connectivity index (χ2v) is 5.48. The maximum atomic E-state index is 6.19. The molecule has 1 aromatic heterocycles. The normalized spacial score (nSPS) is 21.6. The number of nitrogens with zero attached hydrogens (tertiary/aromatic N) is 2. The molecule has 2 N–H and O–H groups in total. The zero-order valence-electron chi connectivity index (χ0n) is 12.3. The predicted octanol–water partition coefficient (Wildman–Crippen LogP) is 2.70. The van der Waals surface area contributed by atoms with Crippen LogP contribution in [0.4, 0.5) is 0 Å². The van der Waals surface area contributed by atoms with Crippen LogP contribution < -0.4 is 10.5 Å². The summed E-state index contributed by atoms with van der Waals surface area (Å²) in [5.74, 6) is 2.00. The van der Waals surface area contributed by atoms with Crippen molar-refractivity contribution >= 4 is 0 Å². The van der Waals surface area contributed by atoms with Crippen molar-refractivity contribution in [2.24, 2.45) is 5.73 Å². The van der Waals surface area contributed by atoms with Crippen LogP contribution in [-0.2, 0) is 6.42 Å². The van der Waals surface area contributed by atoms with E-state index in [1.807, 2.05) is 18.2 Å². The van der Waals surface area contributed by atoms with E-state index in [0.717, 1.165) is 35.7 Å². The van der Waals surface area contributed by atoms with E-state index in [1.165, 1.54) is 5.69 Å². The molecular weight excluding hydrogens is 250 g/mol. The van der Waals surface area contributed by atoms with Crippen LogP contribution in [0.25, 0.3) is 11.3 Å². The first kappa shape index (κ1) is 13.2. The highest BCUT2D eigenvalue weighted by Gasteiger charge is 2.28. The summed E-state index contributed by atoms with van der Waals surface area (Å²) in [6, 6.07) is 8.54. The average molecular weight is 271 g/mol. The van der Waals surface area contributed by atoms with Crippen molar-refractivity contribution in [2.45, 2.75) is 38.8 Å². The largest absolute Gasteiger partial charge is 0.496 e. The molecule has 0 saturated carbocycles. The third-order valence-corrected chi connectivity index (χ3v) is 4.31. The lowest BCUT2D eigenvalue weighted by atomic mass is 10.0. The Morgan fingerprint density at radius 3 is 2.85 bits per heavy atom. The summed E-state index contributed by atoms with van der Waals surface area (Å²) in [4.78, 5) is 4.84. The first-order chi connectivity index (χ1) is 9.63. The van der Waals surface area contributed by atoms with Gasteiger partial charge in [-0.1, -0.05) is 12.1 Å². The van der Waals surface area contributed by atoms with Crippen molar-refractivity contribution < 1.29 is 4.74 Å². The molecule has 0 spiro atoms. The Hall–Kier alpha value is -1.81. The van der Waals surface area contributed by atoms with Gasteiger partial charge in [-0.05, 0) is 32.4 Å². The zero-order valence-corrected chi connectivity index (χ0v) is 12.3. The van der Waals surface area contributed by atoms with Crippen LogP contribution in [0.3, 0.4) is 0 Å². The lowest BCUT2D eigenvalue weighted by Crippen LogP contribution is -2.36. The third kappa shape index (κ3) is 1.91. The topological polar surface area (TPSA) is 53.1 Å². The van der Waals surface area contributed by atoms with Crippen molar-refractivity contribution in [2.75, 3.05) is 7.11 Å². The standard InChI is InChI=1S/C16H21N3O/c1-10-13(17)8-9-15-18-16(11(2)19(10)15)12-6-4-5-7-14(12)20-3/h4-7,10,13H,8-9,17H2,1-3H3. The van der Waals surface area contributed by atoms with E-state index in [9.17, 15) is 0 Å².